The number of hydrogen-bond donors (Lipinski definition) is 1. The van der Waals surface area contributed by atoms with Crippen molar-refractivity contribution < 1.29 is 18.7 Å². The van der Waals surface area contributed by atoms with E-state index in [-0.39, 0.29) is 6.01 Å². The summed E-state index contributed by atoms with van der Waals surface area (Å²) in [5.74, 6) is 2.31. The minimum atomic E-state index is 0.289. The zero-order valence-corrected chi connectivity index (χ0v) is 15.3. The van der Waals surface area contributed by atoms with Crippen LogP contribution in [0.4, 0.5) is 6.01 Å². The Hall–Kier alpha value is -2.93. The van der Waals surface area contributed by atoms with Gasteiger partial charge in [-0.25, -0.2) is 0 Å². The Morgan fingerprint density at radius 1 is 1.00 bits per heavy atom. The van der Waals surface area contributed by atoms with Crippen molar-refractivity contribution in [3.63, 3.8) is 0 Å². The molecule has 0 saturated heterocycles. The number of nitrogens with zero attached hydrogens (tertiary/aromatic N) is 2. The summed E-state index contributed by atoms with van der Waals surface area (Å²) in [6.45, 7) is 0.403. The highest BCUT2D eigenvalue weighted by Crippen LogP contribution is 2.35. The largest absolute Gasteiger partial charge is 0.496 e. The minimum absolute atomic E-state index is 0.289. The lowest BCUT2D eigenvalue weighted by Gasteiger charge is -2.14. The molecule has 1 aromatic heterocycles. The predicted octanol–water partition coefficient (Wildman–Crippen LogP) is 4.03. The number of aromatic nitrogens is 2. The van der Waals surface area contributed by atoms with E-state index in [2.05, 4.69) is 15.5 Å². The molecule has 2 aromatic carbocycles. The van der Waals surface area contributed by atoms with E-state index in [1.54, 1.807) is 39.5 Å². The van der Waals surface area contributed by atoms with Crippen molar-refractivity contribution >= 4 is 17.6 Å². The maximum Gasteiger partial charge on any atom is 0.322 e. The summed E-state index contributed by atoms with van der Waals surface area (Å²) < 4.78 is 21.3. The van der Waals surface area contributed by atoms with Crippen LogP contribution in [-0.2, 0) is 6.54 Å². The summed E-state index contributed by atoms with van der Waals surface area (Å²) in [7, 11) is 4.75. The van der Waals surface area contributed by atoms with Crippen LogP contribution in [0.3, 0.4) is 0 Å². The van der Waals surface area contributed by atoms with Crippen LogP contribution in [0, 0.1) is 0 Å². The molecular weight excluding hydrogens is 358 g/mol. The van der Waals surface area contributed by atoms with E-state index in [9.17, 15) is 0 Å². The lowest BCUT2D eigenvalue weighted by Crippen LogP contribution is -2.03. The van der Waals surface area contributed by atoms with E-state index >= 15 is 0 Å². The molecule has 0 aliphatic carbocycles. The zero-order chi connectivity index (χ0) is 18.5. The van der Waals surface area contributed by atoms with Gasteiger partial charge in [0.1, 0.15) is 5.75 Å². The Labute approximate surface area is 155 Å². The van der Waals surface area contributed by atoms with E-state index in [1.165, 1.54) is 0 Å². The molecule has 3 rings (SSSR count). The molecular formula is C18H18ClN3O4. The average molecular weight is 376 g/mol. The first-order valence-electron chi connectivity index (χ1n) is 7.77. The van der Waals surface area contributed by atoms with Gasteiger partial charge in [0.15, 0.2) is 11.5 Å². The van der Waals surface area contributed by atoms with Crippen molar-refractivity contribution in [2.75, 3.05) is 26.6 Å². The van der Waals surface area contributed by atoms with Crippen LogP contribution in [0.25, 0.3) is 11.4 Å². The summed E-state index contributed by atoms with van der Waals surface area (Å²) in [4.78, 5) is 4.32. The number of halogens is 1. The highest BCUT2D eigenvalue weighted by atomic mass is 35.5. The van der Waals surface area contributed by atoms with Gasteiger partial charge in [-0.3, -0.25) is 0 Å². The van der Waals surface area contributed by atoms with Crippen LogP contribution in [0.15, 0.2) is 40.9 Å². The van der Waals surface area contributed by atoms with Gasteiger partial charge in [-0.2, -0.15) is 4.98 Å². The molecule has 0 aliphatic rings. The normalized spacial score (nSPS) is 10.5. The lowest BCUT2D eigenvalue weighted by atomic mass is 10.1. The second kappa shape index (κ2) is 7.97. The zero-order valence-electron chi connectivity index (χ0n) is 14.6. The van der Waals surface area contributed by atoms with Crippen molar-refractivity contribution in [1.29, 1.82) is 0 Å². The quantitative estimate of drug-likeness (QED) is 0.667. The maximum absolute atomic E-state index is 5.99. The van der Waals surface area contributed by atoms with E-state index in [0.717, 1.165) is 11.1 Å². The van der Waals surface area contributed by atoms with Crippen LogP contribution in [0.1, 0.15) is 5.56 Å². The molecule has 8 heteroatoms. The Balaban J connectivity index is 1.77. The standard InChI is InChI=1S/C18H18ClN3O4/c1-23-14-9-16(25-3)15(24-2)8-12(14)10-20-18-21-17(22-26-18)11-5-4-6-13(19)7-11/h4-9H,10H2,1-3H3,(H,20,21,22). The third-order valence-electron chi connectivity index (χ3n) is 3.73. The molecule has 26 heavy (non-hydrogen) atoms. The first-order chi connectivity index (χ1) is 12.6. The Morgan fingerprint density at radius 2 is 1.73 bits per heavy atom. The predicted molar refractivity (Wildman–Crippen MR) is 98.2 cm³/mol. The van der Waals surface area contributed by atoms with Gasteiger partial charge < -0.3 is 24.1 Å². The summed E-state index contributed by atoms with van der Waals surface area (Å²) in [6.07, 6.45) is 0. The molecule has 136 valence electrons. The van der Waals surface area contributed by atoms with Gasteiger partial charge in [-0.05, 0) is 18.2 Å². The highest BCUT2D eigenvalue weighted by Gasteiger charge is 2.13. The van der Waals surface area contributed by atoms with Gasteiger partial charge in [0.2, 0.25) is 5.82 Å². The smallest absolute Gasteiger partial charge is 0.322 e. The second-order valence-corrected chi connectivity index (χ2v) is 5.74. The first-order valence-corrected chi connectivity index (χ1v) is 8.14. The van der Waals surface area contributed by atoms with Crippen molar-refractivity contribution in [2.45, 2.75) is 6.54 Å². The second-order valence-electron chi connectivity index (χ2n) is 5.31. The maximum atomic E-state index is 5.99. The Bertz CT molecular complexity index is 898. The first kappa shape index (κ1) is 17.9. The van der Waals surface area contributed by atoms with Gasteiger partial charge in [-0.15, -0.1) is 0 Å². The van der Waals surface area contributed by atoms with Gasteiger partial charge in [0, 0.05) is 28.8 Å². The molecule has 0 amide bonds. The monoisotopic (exact) mass is 375 g/mol. The lowest BCUT2D eigenvalue weighted by molar-refractivity contribution is 0.347. The van der Waals surface area contributed by atoms with Crippen LogP contribution in [-0.4, -0.2) is 31.5 Å². The number of hydrogen-bond acceptors (Lipinski definition) is 7. The number of anilines is 1. The van der Waals surface area contributed by atoms with Crippen molar-refractivity contribution in [1.82, 2.24) is 10.1 Å². The van der Waals surface area contributed by atoms with Gasteiger partial charge >= 0.3 is 6.01 Å². The van der Waals surface area contributed by atoms with Crippen LogP contribution in [0.5, 0.6) is 17.2 Å². The molecule has 0 bridgehead atoms. The van der Waals surface area contributed by atoms with Crippen LogP contribution < -0.4 is 19.5 Å². The minimum Gasteiger partial charge on any atom is -0.496 e. The number of rotatable bonds is 7. The molecule has 7 nitrogen and oxygen atoms in total. The number of methoxy groups -OCH3 is 3. The summed E-state index contributed by atoms with van der Waals surface area (Å²) in [5.41, 5.74) is 1.63. The molecule has 0 atom stereocenters. The summed E-state index contributed by atoms with van der Waals surface area (Å²) in [6, 6.07) is 11.1. The fourth-order valence-corrected chi connectivity index (χ4v) is 2.63. The molecule has 1 heterocycles. The Morgan fingerprint density at radius 3 is 2.42 bits per heavy atom. The molecule has 3 aromatic rings. The average Bonchev–Trinajstić information content (AvgIpc) is 3.14. The van der Waals surface area contributed by atoms with Gasteiger partial charge in [0.25, 0.3) is 0 Å². The Kier molecular flexibility index (Phi) is 5.48. The van der Waals surface area contributed by atoms with Gasteiger partial charge in [-0.1, -0.05) is 28.9 Å². The number of nitrogens with one attached hydrogen (secondary N) is 1. The number of benzene rings is 2. The van der Waals surface area contributed by atoms with Gasteiger partial charge in [0.05, 0.1) is 21.3 Å². The third-order valence-corrected chi connectivity index (χ3v) is 3.96. The van der Waals surface area contributed by atoms with E-state index in [1.807, 2.05) is 18.2 Å². The topological polar surface area (TPSA) is 78.6 Å². The molecule has 0 unspecified atom stereocenters. The molecule has 1 N–H and O–H groups in total. The van der Waals surface area contributed by atoms with Crippen molar-refractivity contribution in [3.05, 3.63) is 47.0 Å². The van der Waals surface area contributed by atoms with Crippen LogP contribution in [0.2, 0.25) is 5.02 Å². The fraction of sp³-hybridized carbons (Fsp3) is 0.222. The molecule has 0 fully saturated rings. The van der Waals surface area contributed by atoms with E-state index in [4.69, 9.17) is 30.3 Å². The van der Waals surface area contributed by atoms with Crippen molar-refractivity contribution in [2.24, 2.45) is 0 Å². The highest BCUT2D eigenvalue weighted by molar-refractivity contribution is 6.30. The molecule has 0 spiro atoms. The summed E-state index contributed by atoms with van der Waals surface area (Å²) in [5, 5.41) is 7.65. The van der Waals surface area contributed by atoms with Crippen LogP contribution >= 0.6 is 11.6 Å². The SMILES string of the molecule is COc1cc(OC)c(OC)cc1CNc1nc(-c2cccc(Cl)c2)no1. The van der Waals surface area contributed by atoms with E-state index < -0.39 is 0 Å². The van der Waals surface area contributed by atoms with E-state index in [0.29, 0.717) is 34.6 Å². The number of ether oxygens (including phenoxy) is 3. The summed E-state index contributed by atoms with van der Waals surface area (Å²) >= 11 is 5.99. The third kappa shape index (κ3) is 3.83. The molecule has 0 aliphatic heterocycles. The fourth-order valence-electron chi connectivity index (χ4n) is 2.44. The van der Waals surface area contributed by atoms with Crippen molar-refractivity contribution in [3.8, 4) is 28.6 Å². The molecule has 0 radical (unpaired) electrons. The molecule has 0 saturated carbocycles.